The van der Waals surface area contributed by atoms with Gasteiger partial charge in [0.1, 0.15) is 9.48 Å². The van der Waals surface area contributed by atoms with Gasteiger partial charge >= 0.3 is 0 Å². The van der Waals surface area contributed by atoms with E-state index in [1.807, 2.05) is 27.5 Å². The molecule has 7 nitrogen and oxygen atoms in total. The maximum Gasteiger partial charge on any atom is 0.267 e. The van der Waals surface area contributed by atoms with Gasteiger partial charge in [0.25, 0.3) is 5.91 Å². The van der Waals surface area contributed by atoms with Gasteiger partial charge in [-0.1, -0.05) is 17.4 Å². The van der Waals surface area contributed by atoms with Crippen LogP contribution in [0.3, 0.4) is 0 Å². The average molecular weight is 434 g/mol. The average Bonchev–Trinajstić information content (AvgIpc) is 3.16. The number of fused-ring (bicyclic) bond motifs is 2. The van der Waals surface area contributed by atoms with Crippen LogP contribution in [-0.2, 0) is 17.8 Å². The van der Waals surface area contributed by atoms with Crippen molar-refractivity contribution in [1.29, 1.82) is 0 Å². The van der Waals surface area contributed by atoms with Gasteiger partial charge in [-0.25, -0.2) is 4.98 Å². The summed E-state index contributed by atoms with van der Waals surface area (Å²) in [4.78, 5) is 31.3. The summed E-state index contributed by atoms with van der Waals surface area (Å²) >= 11 is 4.73. The summed E-state index contributed by atoms with van der Waals surface area (Å²) in [5.41, 5.74) is 8.37. The Balaban J connectivity index is 1.51. The SMILES string of the molecule is NC(=O)CN1CCc2ccc(NC(=O)c3cn4c(Br)cnc4s3)cc2C1. The normalized spacial score (nSPS) is 14.3. The zero-order valence-corrected chi connectivity index (χ0v) is 16.1. The van der Waals surface area contributed by atoms with E-state index in [-0.39, 0.29) is 18.4 Å². The number of rotatable bonds is 4. The Morgan fingerprint density at radius 2 is 2.19 bits per heavy atom. The van der Waals surface area contributed by atoms with Crippen LogP contribution in [-0.4, -0.2) is 39.2 Å². The Morgan fingerprint density at radius 3 is 2.96 bits per heavy atom. The Hall–Kier alpha value is -2.23. The number of hydrogen-bond donors (Lipinski definition) is 2. The molecule has 0 atom stereocenters. The van der Waals surface area contributed by atoms with Crippen molar-refractivity contribution in [1.82, 2.24) is 14.3 Å². The first kappa shape index (κ1) is 17.2. The van der Waals surface area contributed by atoms with Crippen molar-refractivity contribution in [3.8, 4) is 0 Å². The van der Waals surface area contributed by atoms with E-state index in [0.29, 0.717) is 11.4 Å². The number of aromatic nitrogens is 2. The van der Waals surface area contributed by atoms with E-state index in [0.717, 1.165) is 33.8 Å². The smallest absolute Gasteiger partial charge is 0.267 e. The Kier molecular flexibility index (Phi) is 4.51. The first-order valence-electron chi connectivity index (χ1n) is 8.06. The topological polar surface area (TPSA) is 92.7 Å². The lowest BCUT2D eigenvalue weighted by Crippen LogP contribution is -2.37. The van der Waals surface area contributed by atoms with E-state index in [1.54, 1.807) is 12.4 Å². The minimum Gasteiger partial charge on any atom is -0.369 e. The highest BCUT2D eigenvalue weighted by Crippen LogP contribution is 2.25. The number of amides is 2. The number of nitrogens with one attached hydrogen (secondary N) is 1. The van der Waals surface area contributed by atoms with Crippen molar-refractivity contribution in [2.24, 2.45) is 5.73 Å². The van der Waals surface area contributed by atoms with Crippen molar-refractivity contribution < 1.29 is 9.59 Å². The van der Waals surface area contributed by atoms with E-state index in [2.05, 4.69) is 26.2 Å². The van der Waals surface area contributed by atoms with Gasteiger partial charge in [0.15, 0.2) is 4.96 Å². The van der Waals surface area contributed by atoms with Gasteiger partial charge in [0, 0.05) is 25.0 Å². The highest BCUT2D eigenvalue weighted by Gasteiger charge is 2.19. The number of nitrogens with two attached hydrogens (primary N) is 1. The van der Waals surface area contributed by atoms with Crippen LogP contribution in [0.4, 0.5) is 5.69 Å². The van der Waals surface area contributed by atoms with Crippen LogP contribution in [0.5, 0.6) is 0 Å². The van der Waals surface area contributed by atoms with Crippen molar-refractivity contribution in [3.05, 3.63) is 51.2 Å². The lowest BCUT2D eigenvalue weighted by molar-refractivity contribution is -0.119. The van der Waals surface area contributed by atoms with Crippen LogP contribution in [0.15, 0.2) is 35.2 Å². The Labute approximate surface area is 161 Å². The molecule has 1 aliphatic heterocycles. The zero-order valence-electron chi connectivity index (χ0n) is 13.7. The van der Waals surface area contributed by atoms with Gasteiger partial charge in [-0.15, -0.1) is 0 Å². The molecule has 3 aromatic rings. The fourth-order valence-corrected chi connectivity index (χ4v) is 4.45. The molecule has 0 bridgehead atoms. The predicted octanol–water partition coefficient (Wildman–Crippen LogP) is 2.25. The standard InChI is InChI=1S/C17H16BrN5O2S/c18-14-6-20-17-23(14)8-13(26-17)16(25)21-12-2-1-10-3-4-22(9-15(19)24)7-11(10)5-12/h1-2,5-6,8H,3-4,7,9H2,(H2,19,24)(H,21,25). The van der Waals surface area contributed by atoms with E-state index >= 15 is 0 Å². The summed E-state index contributed by atoms with van der Waals surface area (Å²) in [5, 5.41) is 2.94. The molecule has 9 heteroatoms. The summed E-state index contributed by atoms with van der Waals surface area (Å²) in [6, 6.07) is 5.91. The molecule has 2 amide bonds. The van der Waals surface area contributed by atoms with E-state index in [4.69, 9.17) is 5.73 Å². The molecule has 0 unspecified atom stereocenters. The molecule has 1 aromatic carbocycles. The largest absolute Gasteiger partial charge is 0.369 e. The van der Waals surface area contributed by atoms with Crippen LogP contribution in [0.25, 0.3) is 4.96 Å². The molecule has 0 aliphatic carbocycles. The molecule has 0 spiro atoms. The molecule has 4 rings (SSSR count). The molecule has 2 aromatic heterocycles. The molecular formula is C17H16BrN5O2S. The van der Waals surface area contributed by atoms with Gasteiger partial charge in [-0.05, 0) is 45.6 Å². The number of nitrogens with zero attached hydrogens (tertiary/aromatic N) is 3. The molecule has 0 fully saturated rings. The number of primary amides is 1. The first-order valence-corrected chi connectivity index (χ1v) is 9.67. The number of hydrogen-bond acceptors (Lipinski definition) is 5. The monoisotopic (exact) mass is 433 g/mol. The van der Waals surface area contributed by atoms with Crippen LogP contribution in [0.1, 0.15) is 20.8 Å². The quantitative estimate of drug-likeness (QED) is 0.659. The Bertz CT molecular complexity index is 1010. The number of anilines is 1. The van der Waals surface area contributed by atoms with Gasteiger partial charge < -0.3 is 11.1 Å². The molecule has 0 saturated carbocycles. The van der Waals surface area contributed by atoms with Crippen molar-refractivity contribution in [2.75, 3.05) is 18.4 Å². The third kappa shape index (κ3) is 3.37. The number of carbonyl (C=O) groups excluding carboxylic acids is 2. The van der Waals surface area contributed by atoms with Gasteiger partial charge in [-0.2, -0.15) is 0 Å². The summed E-state index contributed by atoms with van der Waals surface area (Å²) in [7, 11) is 0. The number of halogens is 1. The van der Waals surface area contributed by atoms with Gasteiger partial charge in [0.05, 0.1) is 12.7 Å². The summed E-state index contributed by atoms with van der Waals surface area (Å²) in [5.74, 6) is -0.496. The number of imidazole rings is 1. The van der Waals surface area contributed by atoms with Crippen molar-refractivity contribution in [2.45, 2.75) is 13.0 Å². The molecule has 3 N–H and O–H groups in total. The lowest BCUT2D eigenvalue weighted by Gasteiger charge is -2.28. The van der Waals surface area contributed by atoms with Crippen molar-refractivity contribution >= 4 is 49.7 Å². The third-order valence-corrected chi connectivity index (χ3v) is 5.91. The fraction of sp³-hybridized carbons (Fsp3) is 0.235. The number of thiazole rings is 1. The second kappa shape index (κ2) is 6.82. The minimum atomic E-state index is -0.327. The number of carbonyl (C=O) groups is 2. The van der Waals surface area contributed by atoms with E-state index in [1.165, 1.54) is 16.9 Å². The van der Waals surface area contributed by atoms with Crippen LogP contribution in [0.2, 0.25) is 0 Å². The second-order valence-corrected chi connectivity index (χ2v) is 8.02. The molecule has 3 heterocycles. The van der Waals surface area contributed by atoms with Crippen molar-refractivity contribution in [3.63, 3.8) is 0 Å². The van der Waals surface area contributed by atoms with Crippen LogP contribution >= 0.6 is 27.3 Å². The second-order valence-electron chi connectivity index (χ2n) is 6.19. The highest BCUT2D eigenvalue weighted by molar-refractivity contribution is 9.10. The third-order valence-electron chi connectivity index (χ3n) is 4.32. The minimum absolute atomic E-state index is 0.169. The molecule has 0 radical (unpaired) electrons. The number of benzene rings is 1. The molecular weight excluding hydrogens is 418 g/mol. The summed E-state index contributed by atoms with van der Waals surface area (Å²) in [6.45, 7) is 1.72. The molecule has 0 saturated heterocycles. The molecule has 134 valence electrons. The van der Waals surface area contributed by atoms with E-state index < -0.39 is 0 Å². The maximum atomic E-state index is 12.5. The molecule has 1 aliphatic rings. The highest BCUT2D eigenvalue weighted by atomic mass is 79.9. The Morgan fingerprint density at radius 1 is 1.35 bits per heavy atom. The van der Waals surface area contributed by atoms with E-state index in [9.17, 15) is 9.59 Å². The van der Waals surface area contributed by atoms with Gasteiger partial charge in [0.2, 0.25) is 5.91 Å². The lowest BCUT2D eigenvalue weighted by atomic mass is 9.99. The van der Waals surface area contributed by atoms with Crippen LogP contribution in [0, 0.1) is 0 Å². The summed E-state index contributed by atoms with van der Waals surface area (Å²) < 4.78 is 2.64. The van der Waals surface area contributed by atoms with Gasteiger partial charge in [-0.3, -0.25) is 18.9 Å². The summed E-state index contributed by atoms with van der Waals surface area (Å²) in [6.07, 6.45) is 4.33. The fourth-order valence-electron chi connectivity index (χ4n) is 3.10. The maximum absolute atomic E-state index is 12.5. The first-order chi connectivity index (χ1) is 12.5. The zero-order chi connectivity index (χ0) is 18.3. The predicted molar refractivity (Wildman–Crippen MR) is 103 cm³/mol. The molecule has 26 heavy (non-hydrogen) atoms. The van der Waals surface area contributed by atoms with Crippen LogP contribution < -0.4 is 11.1 Å².